The van der Waals surface area contributed by atoms with Crippen molar-refractivity contribution in [1.29, 1.82) is 0 Å². The molecule has 4 heteroatoms. The number of hydrogen-bond acceptors (Lipinski definition) is 3. The van der Waals surface area contributed by atoms with Crippen molar-refractivity contribution in [2.24, 2.45) is 0 Å². The van der Waals surface area contributed by atoms with Crippen molar-refractivity contribution in [3.05, 3.63) is 30.0 Å². The Morgan fingerprint density at radius 2 is 1.73 bits per heavy atom. The Kier molecular flexibility index (Phi) is 4.63. The van der Waals surface area contributed by atoms with E-state index in [0.717, 1.165) is 18.3 Å². The lowest BCUT2D eigenvalue weighted by Crippen LogP contribution is -2.46. The highest BCUT2D eigenvalue weighted by Crippen LogP contribution is 2.29. The van der Waals surface area contributed by atoms with Crippen molar-refractivity contribution in [2.45, 2.75) is 63.6 Å². The highest BCUT2D eigenvalue weighted by Gasteiger charge is 2.29. The summed E-state index contributed by atoms with van der Waals surface area (Å²) in [6.07, 6.45) is 9.66. The number of ether oxygens (including phenoxy) is 1. The maximum absolute atomic E-state index is 6.33. The van der Waals surface area contributed by atoms with Crippen molar-refractivity contribution >= 4 is 10.9 Å². The molecule has 3 heterocycles. The molecule has 26 heavy (non-hydrogen) atoms. The molecule has 0 unspecified atom stereocenters. The SMILES string of the molecule is c1cc2[nH]c(CN3CCCC3)cc2cc1OC1CCN(C2CCC2)CC1. The van der Waals surface area contributed by atoms with Gasteiger partial charge in [0.05, 0.1) is 0 Å². The Balaban J connectivity index is 1.20. The smallest absolute Gasteiger partial charge is 0.120 e. The van der Waals surface area contributed by atoms with Gasteiger partial charge in [0.2, 0.25) is 0 Å². The molecule has 2 saturated heterocycles. The lowest BCUT2D eigenvalue weighted by atomic mass is 9.90. The van der Waals surface area contributed by atoms with Crippen LogP contribution in [0.15, 0.2) is 24.3 Å². The van der Waals surface area contributed by atoms with Gasteiger partial charge in [-0.1, -0.05) is 6.42 Å². The fourth-order valence-corrected chi connectivity index (χ4v) is 4.81. The average molecular weight is 354 g/mol. The van der Waals surface area contributed by atoms with Crippen LogP contribution in [0.1, 0.15) is 50.6 Å². The van der Waals surface area contributed by atoms with Gasteiger partial charge in [0, 0.05) is 42.3 Å². The molecular formula is C22H31N3O. The van der Waals surface area contributed by atoms with Gasteiger partial charge >= 0.3 is 0 Å². The Morgan fingerprint density at radius 1 is 0.923 bits per heavy atom. The van der Waals surface area contributed by atoms with Crippen LogP contribution >= 0.6 is 0 Å². The molecule has 1 aromatic heterocycles. The molecule has 0 atom stereocenters. The average Bonchev–Trinajstić information content (AvgIpc) is 3.24. The quantitative estimate of drug-likeness (QED) is 0.876. The van der Waals surface area contributed by atoms with Crippen molar-refractivity contribution < 1.29 is 4.74 Å². The van der Waals surface area contributed by atoms with E-state index in [0.29, 0.717) is 6.10 Å². The normalized spacial score (nSPS) is 23.5. The van der Waals surface area contributed by atoms with E-state index in [1.54, 1.807) is 0 Å². The van der Waals surface area contributed by atoms with E-state index in [1.165, 1.54) is 87.7 Å². The second kappa shape index (κ2) is 7.24. The number of likely N-dealkylation sites (tertiary alicyclic amines) is 2. The number of benzene rings is 1. The number of rotatable bonds is 5. The zero-order valence-electron chi connectivity index (χ0n) is 15.8. The molecule has 3 aliphatic rings. The molecule has 0 spiro atoms. The van der Waals surface area contributed by atoms with Gasteiger partial charge < -0.3 is 14.6 Å². The minimum Gasteiger partial charge on any atom is -0.490 e. The lowest BCUT2D eigenvalue weighted by molar-refractivity contribution is 0.0494. The summed E-state index contributed by atoms with van der Waals surface area (Å²) >= 11 is 0. The fraction of sp³-hybridized carbons (Fsp3) is 0.636. The largest absolute Gasteiger partial charge is 0.490 e. The first kappa shape index (κ1) is 16.6. The molecule has 3 fully saturated rings. The monoisotopic (exact) mass is 353 g/mol. The summed E-state index contributed by atoms with van der Waals surface area (Å²) in [4.78, 5) is 8.80. The Hall–Kier alpha value is -1.52. The summed E-state index contributed by atoms with van der Waals surface area (Å²) in [5, 5.41) is 1.28. The van der Waals surface area contributed by atoms with Gasteiger partial charge in [0.15, 0.2) is 0 Å². The molecule has 5 rings (SSSR count). The number of piperidine rings is 1. The first-order valence-electron chi connectivity index (χ1n) is 10.6. The standard InChI is InChI=1S/C22H31N3O/c1-2-11-24(10-1)16-18-14-17-15-21(6-7-22(17)23-18)26-20-8-12-25(13-9-20)19-4-3-5-19/h6-7,14-15,19-20,23H,1-5,8-13,16H2. The van der Waals surface area contributed by atoms with Gasteiger partial charge in [0.1, 0.15) is 11.9 Å². The first-order chi connectivity index (χ1) is 12.8. The van der Waals surface area contributed by atoms with Crippen LogP contribution in [0, 0.1) is 0 Å². The van der Waals surface area contributed by atoms with Crippen molar-refractivity contribution in [2.75, 3.05) is 26.2 Å². The summed E-state index contributed by atoms with van der Waals surface area (Å²) < 4.78 is 6.33. The van der Waals surface area contributed by atoms with Crippen LogP contribution in [-0.4, -0.2) is 53.1 Å². The highest BCUT2D eigenvalue weighted by molar-refractivity contribution is 5.81. The molecule has 0 amide bonds. The van der Waals surface area contributed by atoms with Gasteiger partial charge in [-0.15, -0.1) is 0 Å². The lowest BCUT2D eigenvalue weighted by Gasteiger charge is -2.41. The minimum absolute atomic E-state index is 0.381. The minimum atomic E-state index is 0.381. The predicted octanol–water partition coefficient (Wildman–Crippen LogP) is 4.16. The summed E-state index contributed by atoms with van der Waals surface area (Å²) in [5.74, 6) is 1.03. The van der Waals surface area contributed by atoms with E-state index in [9.17, 15) is 0 Å². The van der Waals surface area contributed by atoms with Crippen LogP contribution in [0.4, 0.5) is 0 Å². The van der Waals surface area contributed by atoms with Crippen LogP contribution in [0.5, 0.6) is 5.75 Å². The molecule has 4 nitrogen and oxygen atoms in total. The number of aromatic amines is 1. The molecule has 0 bridgehead atoms. The Bertz CT molecular complexity index is 737. The Labute approximate surface area is 156 Å². The molecule has 1 saturated carbocycles. The predicted molar refractivity (Wildman–Crippen MR) is 106 cm³/mol. The summed E-state index contributed by atoms with van der Waals surface area (Å²) in [7, 11) is 0. The highest BCUT2D eigenvalue weighted by atomic mass is 16.5. The molecule has 1 aromatic carbocycles. The van der Waals surface area contributed by atoms with Crippen LogP contribution in [0.25, 0.3) is 10.9 Å². The number of H-pyrrole nitrogens is 1. The third-order valence-electron chi connectivity index (χ3n) is 6.61. The molecule has 1 aliphatic carbocycles. The molecule has 2 aromatic rings. The van der Waals surface area contributed by atoms with E-state index >= 15 is 0 Å². The number of hydrogen-bond donors (Lipinski definition) is 1. The van der Waals surface area contributed by atoms with Crippen LogP contribution in [0.3, 0.4) is 0 Å². The van der Waals surface area contributed by atoms with Crippen molar-refractivity contribution in [1.82, 2.24) is 14.8 Å². The second-order valence-electron chi connectivity index (χ2n) is 8.46. The van der Waals surface area contributed by atoms with Gasteiger partial charge in [-0.05, 0) is 75.9 Å². The van der Waals surface area contributed by atoms with E-state index in [4.69, 9.17) is 4.74 Å². The van der Waals surface area contributed by atoms with E-state index in [-0.39, 0.29) is 0 Å². The number of aromatic nitrogens is 1. The van der Waals surface area contributed by atoms with E-state index < -0.39 is 0 Å². The number of nitrogens with one attached hydrogen (secondary N) is 1. The van der Waals surface area contributed by atoms with Gasteiger partial charge in [0.25, 0.3) is 0 Å². The Morgan fingerprint density at radius 3 is 2.46 bits per heavy atom. The van der Waals surface area contributed by atoms with Crippen molar-refractivity contribution in [3.8, 4) is 5.75 Å². The van der Waals surface area contributed by atoms with Crippen LogP contribution in [0.2, 0.25) is 0 Å². The van der Waals surface area contributed by atoms with Crippen LogP contribution < -0.4 is 4.74 Å². The number of fused-ring (bicyclic) bond motifs is 1. The zero-order valence-corrected chi connectivity index (χ0v) is 15.8. The third kappa shape index (κ3) is 3.49. The van der Waals surface area contributed by atoms with Crippen LogP contribution in [-0.2, 0) is 6.54 Å². The summed E-state index contributed by atoms with van der Waals surface area (Å²) in [6.45, 7) is 5.94. The van der Waals surface area contributed by atoms with E-state index in [2.05, 4.69) is 39.0 Å². The molecular weight excluding hydrogens is 322 g/mol. The van der Waals surface area contributed by atoms with Gasteiger partial charge in [-0.25, -0.2) is 0 Å². The fourth-order valence-electron chi connectivity index (χ4n) is 4.81. The molecule has 1 N–H and O–H groups in total. The molecule has 140 valence electrons. The second-order valence-corrected chi connectivity index (χ2v) is 8.46. The third-order valence-corrected chi connectivity index (χ3v) is 6.61. The maximum atomic E-state index is 6.33. The summed E-state index contributed by atoms with van der Waals surface area (Å²) in [6, 6.07) is 9.72. The molecule has 2 aliphatic heterocycles. The van der Waals surface area contributed by atoms with Gasteiger partial charge in [-0.2, -0.15) is 0 Å². The zero-order chi connectivity index (χ0) is 17.3. The van der Waals surface area contributed by atoms with Gasteiger partial charge in [-0.3, -0.25) is 4.90 Å². The topological polar surface area (TPSA) is 31.5 Å². The summed E-state index contributed by atoms with van der Waals surface area (Å²) in [5.41, 5.74) is 2.55. The number of nitrogens with zero attached hydrogens (tertiary/aromatic N) is 2. The molecule has 0 radical (unpaired) electrons. The van der Waals surface area contributed by atoms with Crippen molar-refractivity contribution in [3.63, 3.8) is 0 Å². The first-order valence-corrected chi connectivity index (χ1v) is 10.6. The van der Waals surface area contributed by atoms with E-state index in [1.807, 2.05) is 0 Å². The maximum Gasteiger partial charge on any atom is 0.120 e.